The molecule has 28 heavy (non-hydrogen) atoms. The van der Waals surface area contributed by atoms with Gasteiger partial charge in [-0.05, 0) is 36.0 Å². The molecule has 0 bridgehead atoms. The van der Waals surface area contributed by atoms with E-state index >= 15 is 0 Å². The number of rotatable bonds is 2. The van der Waals surface area contributed by atoms with Crippen LogP contribution in [0.2, 0.25) is 5.02 Å². The number of ether oxygens (including phenoxy) is 1. The lowest BCUT2D eigenvalue weighted by molar-refractivity contribution is 0.0668. The predicted molar refractivity (Wildman–Crippen MR) is 99.0 cm³/mol. The Bertz CT molecular complexity index is 1070. The maximum Gasteiger partial charge on any atom is 0.274 e. The number of carbonyl (C=O) groups excluding carboxylic acids is 1. The van der Waals surface area contributed by atoms with Gasteiger partial charge >= 0.3 is 0 Å². The first kappa shape index (κ1) is 17.7. The number of carbonyl (C=O) groups is 1. The molecule has 1 fully saturated rings. The Hall–Kier alpha value is -2.38. The number of amides is 1. The van der Waals surface area contributed by atoms with E-state index in [9.17, 15) is 19.1 Å². The van der Waals surface area contributed by atoms with Crippen molar-refractivity contribution in [1.29, 1.82) is 0 Å². The number of pyridine rings is 1. The van der Waals surface area contributed by atoms with Crippen molar-refractivity contribution in [2.24, 2.45) is 5.92 Å². The Kier molecular flexibility index (Phi) is 4.00. The highest BCUT2D eigenvalue weighted by atomic mass is 35.5. The highest BCUT2D eigenvalue weighted by molar-refractivity contribution is 6.30. The molecule has 5 rings (SSSR count). The smallest absolute Gasteiger partial charge is 0.274 e. The second-order valence-corrected chi connectivity index (χ2v) is 8.04. The Morgan fingerprint density at radius 2 is 2.11 bits per heavy atom. The van der Waals surface area contributed by atoms with E-state index in [1.807, 2.05) is 0 Å². The molecule has 0 spiro atoms. The van der Waals surface area contributed by atoms with Crippen molar-refractivity contribution in [1.82, 2.24) is 9.47 Å². The van der Waals surface area contributed by atoms with Crippen LogP contribution in [0.5, 0.6) is 5.75 Å². The van der Waals surface area contributed by atoms with Crippen LogP contribution in [0.1, 0.15) is 39.6 Å². The van der Waals surface area contributed by atoms with Gasteiger partial charge in [-0.1, -0.05) is 17.7 Å². The lowest BCUT2D eigenvalue weighted by Crippen LogP contribution is -2.42. The first-order valence-electron chi connectivity index (χ1n) is 9.25. The average Bonchev–Trinajstić information content (AvgIpc) is 3.44. The van der Waals surface area contributed by atoms with Gasteiger partial charge < -0.3 is 19.3 Å². The van der Waals surface area contributed by atoms with Gasteiger partial charge in [0, 0.05) is 25.2 Å². The maximum atomic E-state index is 13.4. The van der Waals surface area contributed by atoms with Crippen LogP contribution in [-0.2, 0) is 24.4 Å². The third-order valence-corrected chi connectivity index (χ3v) is 6.19. The molecule has 2 unspecified atom stereocenters. The third kappa shape index (κ3) is 2.64. The Balaban J connectivity index is 1.53. The molecule has 1 aromatic carbocycles. The molecule has 146 valence electrons. The Labute approximate surface area is 165 Å². The second kappa shape index (κ2) is 6.32. The lowest BCUT2D eigenvalue weighted by atomic mass is 10.0. The average molecular weight is 405 g/mol. The SMILES string of the molecule is O=C1c2c(O)c(=O)c3c(n2CCN1Cc1ccc(F)c(Cl)c1)COCC1CC31. The van der Waals surface area contributed by atoms with Crippen LogP contribution < -0.4 is 5.43 Å². The molecule has 1 saturated carbocycles. The molecule has 0 saturated heterocycles. The normalized spacial score (nSPS) is 22.9. The molecule has 8 heteroatoms. The quantitative estimate of drug-likeness (QED) is 0.835. The molecule has 0 radical (unpaired) electrons. The van der Waals surface area contributed by atoms with Gasteiger partial charge in [-0.15, -0.1) is 0 Å². The van der Waals surface area contributed by atoms with Crippen molar-refractivity contribution in [2.75, 3.05) is 13.2 Å². The summed E-state index contributed by atoms with van der Waals surface area (Å²) in [6.45, 7) is 1.94. The number of hydrogen-bond donors (Lipinski definition) is 1. The summed E-state index contributed by atoms with van der Waals surface area (Å²) in [4.78, 5) is 27.4. The van der Waals surface area contributed by atoms with E-state index in [-0.39, 0.29) is 29.8 Å². The molecule has 1 aliphatic carbocycles. The summed E-state index contributed by atoms with van der Waals surface area (Å²) in [6, 6.07) is 4.29. The number of nitrogens with zero attached hydrogens (tertiary/aromatic N) is 2. The van der Waals surface area contributed by atoms with Crippen LogP contribution in [0.3, 0.4) is 0 Å². The van der Waals surface area contributed by atoms with E-state index in [0.29, 0.717) is 42.4 Å². The molecule has 2 atom stereocenters. The Morgan fingerprint density at radius 3 is 2.89 bits per heavy atom. The van der Waals surface area contributed by atoms with Crippen molar-refractivity contribution in [3.8, 4) is 5.75 Å². The van der Waals surface area contributed by atoms with Crippen LogP contribution in [0, 0.1) is 11.7 Å². The fourth-order valence-corrected chi connectivity index (χ4v) is 4.55. The van der Waals surface area contributed by atoms with Crippen molar-refractivity contribution >= 4 is 17.5 Å². The van der Waals surface area contributed by atoms with Gasteiger partial charge in [-0.3, -0.25) is 9.59 Å². The van der Waals surface area contributed by atoms with Gasteiger partial charge in [0.2, 0.25) is 5.43 Å². The summed E-state index contributed by atoms with van der Waals surface area (Å²) in [6.07, 6.45) is 0.881. The van der Waals surface area contributed by atoms with Crippen molar-refractivity contribution in [3.05, 3.63) is 61.8 Å². The lowest BCUT2D eigenvalue weighted by Gasteiger charge is -2.32. The molecular formula is C20H18ClFN2O4. The molecule has 1 aromatic heterocycles. The van der Waals surface area contributed by atoms with Crippen molar-refractivity contribution in [2.45, 2.75) is 32.0 Å². The highest BCUT2D eigenvalue weighted by Crippen LogP contribution is 2.50. The van der Waals surface area contributed by atoms with Gasteiger partial charge in [0.15, 0.2) is 11.4 Å². The number of hydrogen-bond acceptors (Lipinski definition) is 4. The monoisotopic (exact) mass is 404 g/mol. The van der Waals surface area contributed by atoms with E-state index in [0.717, 1.165) is 6.42 Å². The number of halogens is 2. The maximum absolute atomic E-state index is 13.4. The number of aromatic hydroxyl groups is 1. The molecule has 6 nitrogen and oxygen atoms in total. The Morgan fingerprint density at radius 1 is 1.29 bits per heavy atom. The van der Waals surface area contributed by atoms with E-state index in [1.165, 1.54) is 17.0 Å². The predicted octanol–water partition coefficient (Wildman–Crippen LogP) is 2.64. The van der Waals surface area contributed by atoms with E-state index < -0.39 is 22.9 Å². The van der Waals surface area contributed by atoms with Gasteiger partial charge in [0.25, 0.3) is 5.91 Å². The zero-order valence-corrected chi connectivity index (χ0v) is 15.7. The number of fused-ring (bicyclic) bond motifs is 5. The topological polar surface area (TPSA) is 71.8 Å². The first-order valence-corrected chi connectivity index (χ1v) is 9.63. The molecular weight excluding hydrogens is 387 g/mol. The van der Waals surface area contributed by atoms with Gasteiger partial charge in [-0.25, -0.2) is 4.39 Å². The summed E-state index contributed by atoms with van der Waals surface area (Å²) >= 11 is 5.83. The molecule has 3 heterocycles. The van der Waals surface area contributed by atoms with Crippen LogP contribution in [0.15, 0.2) is 23.0 Å². The molecule has 2 aliphatic heterocycles. The minimum absolute atomic E-state index is 0.00547. The van der Waals surface area contributed by atoms with Gasteiger partial charge in [-0.2, -0.15) is 0 Å². The van der Waals surface area contributed by atoms with Gasteiger partial charge in [0.1, 0.15) is 5.82 Å². The van der Waals surface area contributed by atoms with Crippen LogP contribution in [0.25, 0.3) is 0 Å². The second-order valence-electron chi connectivity index (χ2n) is 7.63. The summed E-state index contributed by atoms with van der Waals surface area (Å²) in [7, 11) is 0. The number of benzene rings is 1. The zero-order valence-electron chi connectivity index (χ0n) is 15.0. The molecule has 2 aromatic rings. The van der Waals surface area contributed by atoms with Crippen LogP contribution in [0.4, 0.5) is 4.39 Å². The van der Waals surface area contributed by atoms with E-state index in [1.54, 1.807) is 10.6 Å². The number of aromatic nitrogens is 1. The largest absolute Gasteiger partial charge is 0.503 e. The summed E-state index contributed by atoms with van der Waals surface area (Å²) in [5.74, 6) is -1.00. The summed E-state index contributed by atoms with van der Waals surface area (Å²) < 4.78 is 20.8. The zero-order chi connectivity index (χ0) is 19.6. The molecule has 3 aliphatic rings. The summed E-state index contributed by atoms with van der Waals surface area (Å²) in [5.41, 5.74) is 1.54. The van der Waals surface area contributed by atoms with Crippen molar-refractivity contribution < 1.29 is 19.0 Å². The minimum atomic E-state index is -0.522. The van der Waals surface area contributed by atoms with Gasteiger partial charge in [0.05, 0.1) is 23.9 Å². The first-order chi connectivity index (χ1) is 13.5. The van der Waals surface area contributed by atoms with E-state index in [2.05, 4.69) is 0 Å². The summed E-state index contributed by atoms with van der Waals surface area (Å²) in [5, 5.41) is 10.6. The molecule has 1 amide bonds. The standard InChI is InChI=1S/C20H18ClFN2O4/c21-13-5-10(1-2-14(13)22)7-23-3-4-24-15-9-28-8-11-6-12(11)16(15)18(25)19(26)17(24)20(23)27/h1-2,5,11-12,26H,3-4,6-9H2. The fraction of sp³-hybridized carbons (Fsp3) is 0.400. The van der Waals surface area contributed by atoms with Crippen LogP contribution >= 0.6 is 11.6 Å². The molecule has 1 N–H and O–H groups in total. The minimum Gasteiger partial charge on any atom is -0.503 e. The highest BCUT2D eigenvalue weighted by Gasteiger charge is 2.45. The van der Waals surface area contributed by atoms with Crippen molar-refractivity contribution in [3.63, 3.8) is 0 Å². The fourth-order valence-electron chi connectivity index (χ4n) is 4.35. The van der Waals surface area contributed by atoms with E-state index in [4.69, 9.17) is 16.3 Å². The third-order valence-electron chi connectivity index (χ3n) is 5.90. The van der Waals surface area contributed by atoms with Crippen LogP contribution in [-0.4, -0.2) is 33.6 Å².